The molecule has 0 spiro atoms. The molecule has 0 aromatic heterocycles. The van der Waals surface area contributed by atoms with E-state index >= 15 is 0 Å². The molecule has 0 bridgehead atoms. The minimum Gasteiger partial charge on any atom is -0.377 e. The van der Waals surface area contributed by atoms with E-state index in [4.69, 9.17) is 4.74 Å². The molecule has 2 fully saturated rings. The molecule has 2 unspecified atom stereocenters. The van der Waals surface area contributed by atoms with E-state index in [0.29, 0.717) is 38.5 Å². The van der Waals surface area contributed by atoms with Crippen LogP contribution < -0.4 is 20.4 Å². The molecule has 2 atom stereocenters. The maximum absolute atomic E-state index is 13.1. The first-order chi connectivity index (χ1) is 17.1. The lowest BCUT2D eigenvalue weighted by molar-refractivity contribution is -0.137. The number of nitrogens with zero attached hydrogens (tertiary/aromatic N) is 2. The van der Waals surface area contributed by atoms with Gasteiger partial charge in [0.2, 0.25) is 5.91 Å². The Morgan fingerprint density at radius 1 is 1.03 bits per heavy atom. The number of carbonyl (C=O) groups is 2. The molecule has 2 heterocycles. The van der Waals surface area contributed by atoms with Gasteiger partial charge in [0.15, 0.2) is 0 Å². The minimum atomic E-state index is -4.45. The van der Waals surface area contributed by atoms with Gasteiger partial charge in [-0.25, -0.2) is 4.79 Å². The summed E-state index contributed by atoms with van der Waals surface area (Å²) in [5.74, 6) is 0.220. The van der Waals surface area contributed by atoms with Gasteiger partial charge in [-0.2, -0.15) is 13.2 Å². The molecule has 0 aliphatic carbocycles. The molecule has 3 amide bonds. The first-order valence-electron chi connectivity index (χ1n) is 12.1. The predicted molar refractivity (Wildman–Crippen MR) is 132 cm³/mol. The maximum Gasteiger partial charge on any atom is 0.416 e. The summed E-state index contributed by atoms with van der Waals surface area (Å²) in [5, 5.41) is 5.15. The quantitative estimate of drug-likeness (QED) is 0.609. The van der Waals surface area contributed by atoms with Gasteiger partial charge in [-0.05, 0) is 67.3 Å². The molecule has 4 rings (SSSR count). The molecule has 7 nitrogen and oxygen atoms in total. The third-order valence-corrected chi connectivity index (χ3v) is 6.64. The number of piperidine rings is 1. The largest absolute Gasteiger partial charge is 0.416 e. The van der Waals surface area contributed by atoms with E-state index in [0.717, 1.165) is 30.1 Å². The molecule has 2 N–H and O–H groups in total. The van der Waals surface area contributed by atoms with Crippen LogP contribution in [0.5, 0.6) is 0 Å². The highest BCUT2D eigenvalue weighted by Gasteiger charge is 2.32. The molecule has 0 radical (unpaired) electrons. The fraction of sp³-hybridized carbons (Fsp3) is 0.462. The van der Waals surface area contributed by atoms with Crippen LogP contribution in [0.2, 0.25) is 0 Å². The first-order valence-corrected chi connectivity index (χ1v) is 12.1. The van der Waals surface area contributed by atoms with Crippen molar-refractivity contribution in [3.05, 3.63) is 54.1 Å². The van der Waals surface area contributed by atoms with Gasteiger partial charge in [-0.15, -0.1) is 0 Å². The molecular formula is C26H31F3N4O3. The second-order valence-corrected chi connectivity index (χ2v) is 9.45. The maximum atomic E-state index is 13.1. The van der Waals surface area contributed by atoms with Crippen molar-refractivity contribution in [3.63, 3.8) is 0 Å². The summed E-state index contributed by atoms with van der Waals surface area (Å²) >= 11 is 0. The number of rotatable bonds is 5. The van der Waals surface area contributed by atoms with Crippen LogP contribution in [0.1, 0.15) is 32.3 Å². The SMILES string of the molecule is CC(C)C1COCCN1c1ccc(N2CCCC(NC(=O)Nc3ccc(C(F)(F)F)cc3)C2=O)cc1. The number of nitrogens with one attached hydrogen (secondary N) is 2. The highest BCUT2D eigenvalue weighted by atomic mass is 19.4. The summed E-state index contributed by atoms with van der Waals surface area (Å²) in [5.41, 5.74) is 1.24. The number of benzene rings is 2. The van der Waals surface area contributed by atoms with Crippen molar-refractivity contribution in [1.29, 1.82) is 0 Å². The van der Waals surface area contributed by atoms with E-state index in [1.165, 1.54) is 12.1 Å². The number of halogens is 3. The van der Waals surface area contributed by atoms with Gasteiger partial charge in [-0.3, -0.25) is 4.79 Å². The fourth-order valence-electron chi connectivity index (χ4n) is 4.65. The van der Waals surface area contributed by atoms with Crippen LogP contribution in [0.3, 0.4) is 0 Å². The number of alkyl halides is 3. The van der Waals surface area contributed by atoms with Crippen molar-refractivity contribution < 1.29 is 27.5 Å². The zero-order chi connectivity index (χ0) is 25.9. The van der Waals surface area contributed by atoms with Gasteiger partial charge in [0.25, 0.3) is 0 Å². The monoisotopic (exact) mass is 504 g/mol. The normalized spacial score (nSPS) is 21.0. The highest BCUT2D eigenvalue weighted by molar-refractivity contribution is 6.01. The van der Waals surface area contributed by atoms with Crippen molar-refractivity contribution in [2.75, 3.05) is 41.4 Å². The van der Waals surface area contributed by atoms with Crippen LogP contribution in [0, 0.1) is 5.92 Å². The summed E-state index contributed by atoms with van der Waals surface area (Å²) in [4.78, 5) is 29.6. The summed E-state index contributed by atoms with van der Waals surface area (Å²) in [7, 11) is 0. The summed E-state index contributed by atoms with van der Waals surface area (Å²) in [6.07, 6.45) is -3.26. The Bertz CT molecular complexity index is 1060. The van der Waals surface area contributed by atoms with Gasteiger partial charge in [0, 0.05) is 30.2 Å². The van der Waals surface area contributed by atoms with E-state index in [1.807, 2.05) is 24.3 Å². The Morgan fingerprint density at radius 3 is 2.33 bits per heavy atom. The molecule has 10 heteroatoms. The number of hydrogen-bond acceptors (Lipinski definition) is 4. The lowest BCUT2D eigenvalue weighted by Crippen LogP contribution is -2.53. The third-order valence-electron chi connectivity index (χ3n) is 6.64. The van der Waals surface area contributed by atoms with E-state index in [1.54, 1.807) is 4.90 Å². The predicted octanol–water partition coefficient (Wildman–Crippen LogP) is 4.88. The number of carbonyl (C=O) groups excluding carboxylic acids is 2. The number of anilines is 3. The highest BCUT2D eigenvalue weighted by Crippen LogP contribution is 2.30. The van der Waals surface area contributed by atoms with Crippen molar-refractivity contribution in [2.24, 2.45) is 5.92 Å². The van der Waals surface area contributed by atoms with Gasteiger partial charge in [0.05, 0.1) is 24.8 Å². The van der Waals surface area contributed by atoms with Crippen molar-refractivity contribution in [1.82, 2.24) is 5.32 Å². The van der Waals surface area contributed by atoms with Crippen LogP contribution in [0.15, 0.2) is 48.5 Å². The van der Waals surface area contributed by atoms with Crippen molar-refractivity contribution in [2.45, 2.75) is 44.9 Å². The van der Waals surface area contributed by atoms with E-state index < -0.39 is 23.8 Å². The summed E-state index contributed by atoms with van der Waals surface area (Å²) < 4.78 is 43.8. The van der Waals surface area contributed by atoms with Gasteiger partial charge in [-0.1, -0.05) is 13.8 Å². The molecule has 2 saturated heterocycles. The minimum absolute atomic E-state index is 0.207. The second kappa shape index (κ2) is 10.8. The van der Waals surface area contributed by atoms with Gasteiger partial charge in [0.1, 0.15) is 6.04 Å². The molecular weight excluding hydrogens is 473 g/mol. The second-order valence-electron chi connectivity index (χ2n) is 9.45. The lowest BCUT2D eigenvalue weighted by Gasteiger charge is -2.40. The van der Waals surface area contributed by atoms with E-state index in [-0.39, 0.29) is 17.6 Å². The van der Waals surface area contributed by atoms with Crippen molar-refractivity contribution in [3.8, 4) is 0 Å². The van der Waals surface area contributed by atoms with Crippen LogP contribution in [0.4, 0.5) is 35.0 Å². The number of morpholine rings is 1. The zero-order valence-electron chi connectivity index (χ0n) is 20.3. The van der Waals surface area contributed by atoms with Gasteiger partial charge < -0.3 is 25.2 Å². The number of urea groups is 1. The van der Waals surface area contributed by atoms with E-state index in [9.17, 15) is 22.8 Å². The smallest absolute Gasteiger partial charge is 0.377 e. The van der Waals surface area contributed by atoms with Gasteiger partial charge >= 0.3 is 12.2 Å². The summed E-state index contributed by atoms with van der Waals surface area (Å²) in [6.45, 7) is 7.07. The Kier molecular flexibility index (Phi) is 7.73. The summed E-state index contributed by atoms with van der Waals surface area (Å²) in [6, 6.07) is 10.9. The molecule has 2 aromatic rings. The number of hydrogen-bond donors (Lipinski definition) is 2. The molecule has 36 heavy (non-hydrogen) atoms. The van der Waals surface area contributed by atoms with Crippen LogP contribution in [-0.4, -0.2) is 50.3 Å². The Hall–Kier alpha value is -3.27. The Labute approximate surface area is 208 Å². The average molecular weight is 505 g/mol. The zero-order valence-corrected chi connectivity index (χ0v) is 20.3. The Morgan fingerprint density at radius 2 is 1.69 bits per heavy atom. The van der Waals surface area contributed by atoms with Crippen LogP contribution in [-0.2, 0) is 15.7 Å². The third kappa shape index (κ3) is 5.92. The molecule has 194 valence electrons. The Balaban J connectivity index is 1.38. The fourth-order valence-corrected chi connectivity index (χ4v) is 4.65. The molecule has 2 aliphatic rings. The number of amides is 3. The molecule has 2 aliphatic heterocycles. The lowest BCUT2D eigenvalue weighted by atomic mass is 10.0. The average Bonchev–Trinajstić information content (AvgIpc) is 2.85. The number of ether oxygens (including phenoxy) is 1. The molecule has 2 aromatic carbocycles. The van der Waals surface area contributed by atoms with Crippen LogP contribution in [0.25, 0.3) is 0 Å². The molecule has 0 saturated carbocycles. The van der Waals surface area contributed by atoms with Crippen molar-refractivity contribution >= 4 is 29.0 Å². The van der Waals surface area contributed by atoms with E-state index in [2.05, 4.69) is 29.4 Å². The standard InChI is InChI=1S/C26H31F3N4O3/c1-17(2)23-16-36-15-14-32(23)20-9-11-21(12-10-20)33-13-3-4-22(24(33)34)31-25(35)30-19-7-5-18(6-8-19)26(27,28)29/h5-12,17,22-23H,3-4,13-16H2,1-2H3,(H2,30,31,35). The van der Waals surface area contributed by atoms with Crippen LogP contribution >= 0.6 is 0 Å². The first kappa shape index (κ1) is 25.8. The topological polar surface area (TPSA) is 73.9 Å².